The Morgan fingerprint density at radius 3 is 2.74 bits per heavy atom. The summed E-state index contributed by atoms with van der Waals surface area (Å²) in [5.74, 6) is -0.823. The Balaban J connectivity index is 2.88. The lowest BCUT2D eigenvalue weighted by Gasteiger charge is -2.13. The summed E-state index contributed by atoms with van der Waals surface area (Å²) in [5, 5.41) is 2.95. The van der Waals surface area contributed by atoms with E-state index in [1.165, 1.54) is 25.3 Å². The molecule has 0 aromatic heterocycles. The number of nitrogens with one attached hydrogen (secondary N) is 1. The zero-order valence-electron chi connectivity index (χ0n) is 10.9. The van der Waals surface area contributed by atoms with Crippen LogP contribution >= 0.6 is 11.6 Å². The van der Waals surface area contributed by atoms with Gasteiger partial charge in [0.15, 0.2) is 0 Å². The number of hydrogen-bond acceptors (Lipinski definition) is 4. The lowest BCUT2D eigenvalue weighted by molar-refractivity contribution is -0.117. The fourth-order valence-corrected chi connectivity index (χ4v) is 1.70. The van der Waals surface area contributed by atoms with Crippen LogP contribution in [0.2, 0.25) is 5.02 Å². The van der Waals surface area contributed by atoms with Crippen LogP contribution in [0.4, 0.5) is 5.69 Å². The largest absolute Gasteiger partial charge is 0.465 e. The Bertz CT molecular complexity index is 477. The topological polar surface area (TPSA) is 81.4 Å². The summed E-state index contributed by atoms with van der Waals surface area (Å²) < 4.78 is 4.60. The highest BCUT2D eigenvalue weighted by Gasteiger charge is 2.15. The van der Waals surface area contributed by atoms with Crippen molar-refractivity contribution in [3.8, 4) is 0 Å². The highest BCUT2D eigenvalue weighted by molar-refractivity contribution is 6.33. The maximum atomic E-state index is 11.8. The fourth-order valence-electron chi connectivity index (χ4n) is 1.53. The van der Waals surface area contributed by atoms with Crippen molar-refractivity contribution in [2.75, 3.05) is 12.4 Å². The summed E-state index contributed by atoms with van der Waals surface area (Å²) in [7, 11) is 1.28. The van der Waals surface area contributed by atoms with Gasteiger partial charge in [0.25, 0.3) is 0 Å². The number of rotatable bonds is 5. The summed E-state index contributed by atoms with van der Waals surface area (Å²) in [6.07, 6.45) is 1.39. The van der Waals surface area contributed by atoms with Gasteiger partial charge in [0.1, 0.15) is 0 Å². The Hall–Kier alpha value is -1.59. The van der Waals surface area contributed by atoms with E-state index in [9.17, 15) is 9.59 Å². The summed E-state index contributed by atoms with van der Waals surface area (Å²) >= 11 is 5.96. The number of ether oxygens (including phenoxy) is 1. The number of carbonyl (C=O) groups excluding carboxylic acids is 2. The second kappa shape index (κ2) is 7.11. The number of amides is 1. The molecule has 1 rings (SSSR count). The maximum absolute atomic E-state index is 11.8. The average Bonchev–Trinajstić information content (AvgIpc) is 2.40. The molecule has 3 N–H and O–H groups in total. The second-order valence-corrected chi connectivity index (χ2v) is 4.48. The number of nitrogens with two attached hydrogens (primary N) is 1. The standard InChI is InChI=1S/C13H17ClN2O3/c1-3-4-10(15)12(17)16-11-7-8(13(18)19-2)5-6-9(11)14/h5-7,10H,3-4,15H2,1-2H3,(H,16,17). The van der Waals surface area contributed by atoms with Crippen molar-refractivity contribution >= 4 is 29.2 Å². The number of carbonyl (C=O) groups is 2. The van der Waals surface area contributed by atoms with Gasteiger partial charge in [-0.05, 0) is 24.6 Å². The van der Waals surface area contributed by atoms with Gasteiger partial charge in [-0.3, -0.25) is 4.79 Å². The number of halogens is 1. The van der Waals surface area contributed by atoms with Crippen LogP contribution in [0.15, 0.2) is 18.2 Å². The van der Waals surface area contributed by atoms with Crippen molar-refractivity contribution in [3.63, 3.8) is 0 Å². The third-order valence-corrected chi connectivity index (χ3v) is 2.91. The average molecular weight is 285 g/mol. The van der Waals surface area contributed by atoms with Crippen LogP contribution in [0, 0.1) is 0 Å². The molecule has 1 aromatic carbocycles. The van der Waals surface area contributed by atoms with Crippen molar-refractivity contribution in [1.82, 2.24) is 0 Å². The van der Waals surface area contributed by atoms with E-state index in [0.29, 0.717) is 22.7 Å². The molecular formula is C13H17ClN2O3. The zero-order valence-corrected chi connectivity index (χ0v) is 11.7. The van der Waals surface area contributed by atoms with E-state index < -0.39 is 12.0 Å². The highest BCUT2D eigenvalue weighted by Crippen LogP contribution is 2.23. The molecule has 5 nitrogen and oxygen atoms in total. The molecule has 1 unspecified atom stereocenters. The fraction of sp³-hybridized carbons (Fsp3) is 0.385. The van der Waals surface area contributed by atoms with Gasteiger partial charge in [0.05, 0.1) is 29.4 Å². The molecule has 0 heterocycles. The maximum Gasteiger partial charge on any atom is 0.337 e. The van der Waals surface area contributed by atoms with Crippen LogP contribution < -0.4 is 11.1 Å². The van der Waals surface area contributed by atoms with E-state index in [2.05, 4.69) is 10.1 Å². The first-order chi connectivity index (χ1) is 8.99. The molecule has 1 amide bonds. The minimum Gasteiger partial charge on any atom is -0.465 e. The monoisotopic (exact) mass is 284 g/mol. The van der Waals surface area contributed by atoms with E-state index in [1.54, 1.807) is 0 Å². The van der Waals surface area contributed by atoms with Crippen molar-refractivity contribution < 1.29 is 14.3 Å². The summed E-state index contributed by atoms with van der Waals surface area (Å²) in [6.45, 7) is 1.94. The van der Waals surface area contributed by atoms with E-state index in [1.807, 2.05) is 6.92 Å². The van der Waals surface area contributed by atoms with E-state index in [4.69, 9.17) is 17.3 Å². The number of esters is 1. The summed E-state index contributed by atoms with van der Waals surface area (Å²) in [4.78, 5) is 23.2. The SMILES string of the molecule is CCCC(N)C(=O)Nc1cc(C(=O)OC)ccc1Cl. The predicted octanol–water partition coefficient (Wildman–Crippen LogP) is 2.19. The molecule has 0 saturated heterocycles. The van der Waals surface area contributed by atoms with Crippen molar-refractivity contribution in [3.05, 3.63) is 28.8 Å². The molecule has 1 atom stereocenters. The predicted molar refractivity (Wildman–Crippen MR) is 74.3 cm³/mol. The molecule has 0 aliphatic heterocycles. The van der Waals surface area contributed by atoms with Gasteiger partial charge >= 0.3 is 5.97 Å². The van der Waals surface area contributed by atoms with Gasteiger partial charge < -0.3 is 15.8 Å². The van der Waals surface area contributed by atoms with Crippen molar-refractivity contribution in [2.45, 2.75) is 25.8 Å². The Kier molecular flexibility index (Phi) is 5.79. The van der Waals surface area contributed by atoms with Crippen LogP contribution in [0.5, 0.6) is 0 Å². The van der Waals surface area contributed by atoms with Gasteiger partial charge in [-0.2, -0.15) is 0 Å². The van der Waals surface area contributed by atoms with Crippen LogP contribution in [0.25, 0.3) is 0 Å². The molecule has 1 aromatic rings. The third kappa shape index (κ3) is 4.22. The normalized spacial score (nSPS) is 11.8. The molecule has 0 bridgehead atoms. The van der Waals surface area contributed by atoms with Gasteiger partial charge in [-0.25, -0.2) is 4.79 Å². The minimum atomic E-state index is -0.595. The molecule has 0 aliphatic rings. The van der Waals surface area contributed by atoms with E-state index in [0.717, 1.165) is 6.42 Å². The summed E-state index contributed by atoms with van der Waals surface area (Å²) in [6, 6.07) is 3.91. The van der Waals surface area contributed by atoms with Crippen molar-refractivity contribution in [2.24, 2.45) is 5.73 Å². The van der Waals surface area contributed by atoms with Crippen LogP contribution in [-0.4, -0.2) is 25.0 Å². The van der Waals surface area contributed by atoms with Crippen LogP contribution in [0.3, 0.4) is 0 Å². The molecule has 19 heavy (non-hydrogen) atoms. The molecule has 0 aliphatic carbocycles. The first-order valence-corrected chi connectivity index (χ1v) is 6.31. The smallest absolute Gasteiger partial charge is 0.337 e. The quantitative estimate of drug-likeness (QED) is 0.812. The molecular weight excluding hydrogens is 268 g/mol. The lowest BCUT2D eigenvalue weighted by Crippen LogP contribution is -2.35. The Morgan fingerprint density at radius 2 is 2.16 bits per heavy atom. The third-order valence-electron chi connectivity index (χ3n) is 2.58. The van der Waals surface area contributed by atoms with Gasteiger partial charge in [-0.15, -0.1) is 0 Å². The highest BCUT2D eigenvalue weighted by atomic mass is 35.5. The first kappa shape index (κ1) is 15.5. The number of anilines is 1. The van der Waals surface area contributed by atoms with Gasteiger partial charge in [0, 0.05) is 0 Å². The first-order valence-electron chi connectivity index (χ1n) is 5.94. The van der Waals surface area contributed by atoms with Gasteiger partial charge in [-0.1, -0.05) is 24.9 Å². The van der Waals surface area contributed by atoms with Crippen LogP contribution in [-0.2, 0) is 9.53 Å². The Labute approximate surface area is 117 Å². The van der Waals surface area contributed by atoms with Gasteiger partial charge in [0.2, 0.25) is 5.91 Å². The number of hydrogen-bond donors (Lipinski definition) is 2. The van der Waals surface area contributed by atoms with Crippen molar-refractivity contribution in [1.29, 1.82) is 0 Å². The molecule has 0 fully saturated rings. The zero-order chi connectivity index (χ0) is 14.4. The van der Waals surface area contributed by atoms with Crippen LogP contribution in [0.1, 0.15) is 30.1 Å². The summed E-state index contributed by atoms with van der Waals surface area (Å²) in [5.41, 5.74) is 6.36. The molecule has 6 heteroatoms. The lowest BCUT2D eigenvalue weighted by atomic mass is 10.1. The number of benzene rings is 1. The molecule has 104 valence electrons. The Morgan fingerprint density at radius 1 is 1.47 bits per heavy atom. The van der Waals surface area contributed by atoms with E-state index >= 15 is 0 Å². The minimum absolute atomic E-state index is 0.311. The second-order valence-electron chi connectivity index (χ2n) is 4.07. The number of methoxy groups -OCH3 is 1. The molecule has 0 spiro atoms. The molecule has 0 saturated carbocycles. The molecule has 0 radical (unpaired) electrons. The van der Waals surface area contributed by atoms with E-state index in [-0.39, 0.29) is 5.91 Å².